The Morgan fingerprint density at radius 1 is 1.09 bits per heavy atom. The van der Waals surface area contributed by atoms with Crippen molar-refractivity contribution in [3.63, 3.8) is 0 Å². The third-order valence-electron chi connectivity index (χ3n) is 6.69. The van der Waals surface area contributed by atoms with Crippen LogP contribution in [0.5, 0.6) is 0 Å². The summed E-state index contributed by atoms with van der Waals surface area (Å²) in [6.07, 6.45) is 6.43. The van der Waals surface area contributed by atoms with Crippen molar-refractivity contribution in [3.05, 3.63) is 59.3 Å². The number of rotatable bonds is 8. The number of amides is 2. The van der Waals surface area contributed by atoms with Crippen molar-refractivity contribution in [3.8, 4) is 0 Å². The van der Waals surface area contributed by atoms with Crippen molar-refractivity contribution in [2.75, 3.05) is 26.2 Å². The van der Waals surface area contributed by atoms with Gasteiger partial charge < -0.3 is 10.2 Å². The molecule has 0 spiro atoms. The summed E-state index contributed by atoms with van der Waals surface area (Å²) in [5, 5.41) is 3.36. The van der Waals surface area contributed by atoms with Crippen LogP contribution in [0.2, 0.25) is 0 Å². The van der Waals surface area contributed by atoms with E-state index in [-0.39, 0.29) is 17.1 Å². The van der Waals surface area contributed by atoms with Crippen molar-refractivity contribution >= 4 is 23.6 Å². The molecule has 0 saturated carbocycles. The maximum Gasteiger partial charge on any atom is 0.254 e. The van der Waals surface area contributed by atoms with Crippen LogP contribution in [0.1, 0.15) is 61.0 Å². The van der Waals surface area contributed by atoms with Gasteiger partial charge in [0, 0.05) is 38.9 Å². The second-order valence-corrected chi connectivity index (χ2v) is 11.0. The molecule has 0 bridgehead atoms. The van der Waals surface area contributed by atoms with Gasteiger partial charge in [0.05, 0.1) is 10.8 Å². The van der Waals surface area contributed by atoms with E-state index in [4.69, 9.17) is 0 Å². The number of carbonyl (C=O) groups is 2. The van der Waals surface area contributed by atoms with E-state index in [0.29, 0.717) is 17.1 Å². The van der Waals surface area contributed by atoms with Crippen LogP contribution < -0.4 is 5.32 Å². The number of hydrogen-bond donors (Lipinski definition) is 1. The summed E-state index contributed by atoms with van der Waals surface area (Å²) >= 11 is 1.37. The molecule has 1 aromatic heterocycles. The van der Waals surface area contributed by atoms with Gasteiger partial charge in [0.2, 0.25) is 5.91 Å². The molecule has 3 heterocycles. The number of nitrogens with one attached hydrogen (secondary N) is 1. The number of pyridine rings is 1. The molecule has 34 heavy (non-hydrogen) atoms. The van der Waals surface area contributed by atoms with Crippen molar-refractivity contribution < 1.29 is 9.59 Å². The molecule has 2 unspecified atom stereocenters. The average molecular weight is 481 g/mol. The molecule has 2 fully saturated rings. The van der Waals surface area contributed by atoms with Crippen LogP contribution in [0.3, 0.4) is 0 Å². The predicted octanol–water partition coefficient (Wildman–Crippen LogP) is 4.35. The Morgan fingerprint density at radius 2 is 1.82 bits per heavy atom. The molecule has 2 aromatic rings. The lowest BCUT2D eigenvalue weighted by Gasteiger charge is -2.30. The minimum atomic E-state index is -0.269. The van der Waals surface area contributed by atoms with E-state index < -0.39 is 0 Å². The number of hydrogen-bond acceptors (Lipinski definition) is 5. The fourth-order valence-electron chi connectivity index (χ4n) is 4.80. The molecule has 6 nitrogen and oxygen atoms in total. The minimum Gasteiger partial charge on any atom is -0.348 e. The normalized spacial score (nSPS) is 19.7. The molecule has 2 aliphatic heterocycles. The lowest BCUT2D eigenvalue weighted by atomic mass is 9.99. The summed E-state index contributed by atoms with van der Waals surface area (Å²) in [5.74, 6) is 0.738. The third-order valence-corrected chi connectivity index (χ3v) is 7.80. The van der Waals surface area contributed by atoms with Crippen LogP contribution in [0.4, 0.5) is 0 Å². The summed E-state index contributed by atoms with van der Waals surface area (Å²) in [6, 6.07) is 12.1. The summed E-state index contributed by atoms with van der Waals surface area (Å²) in [5.41, 5.74) is 2.90. The van der Waals surface area contributed by atoms with E-state index in [9.17, 15) is 9.59 Å². The molecule has 182 valence electrons. The van der Waals surface area contributed by atoms with Crippen LogP contribution in [0.15, 0.2) is 47.6 Å². The average Bonchev–Trinajstić information content (AvgIpc) is 3.38. The van der Waals surface area contributed by atoms with E-state index in [1.165, 1.54) is 43.3 Å². The highest BCUT2D eigenvalue weighted by molar-refractivity contribution is 8.00. The van der Waals surface area contributed by atoms with Gasteiger partial charge in [-0.1, -0.05) is 43.0 Å². The second kappa shape index (κ2) is 11.8. The Morgan fingerprint density at radius 3 is 2.56 bits per heavy atom. The largest absolute Gasteiger partial charge is 0.348 e. The highest BCUT2D eigenvalue weighted by Gasteiger charge is 2.26. The summed E-state index contributed by atoms with van der Waals surface area (Å²) in [7, 11) is 0. The van der Waals surface area contributed by atoms with E-state index in [1.807, 2.05) is 11.8 Å². The van der Waals surface area contributed by atoms with Crippen molar-refractivity contribution in [2.45, 2.75) is 62.9 Å². The summed E-state index contributed by atoms with van der Waals surface area (Å²) in [4.78, 5) is 34.5. The van der Waals surface area contributed by atoms with E-state index in [0.717, 1.165) is 44.0 Å². The van der Waals surface area contributed by atoms with Crippen molar-refractivity contribution in [2.24, 2.45) is 5.92 Å². The van der Waals surface area contributed by atoms with Gasteiger partial charge in [-0.3, -0.25) is 14.5 Å². The first-order chi connectivity index (χ1) is 16.5. The molecule has 4 rings (SSSR count). The highest BCUT2D eigenvalue weighted by Crippen LogP contribution is 2.27. The van der Waals surface area contributed by atoms with E-state index in [1.54, 1.807) is 18.3 Å². The van der Waals surface area contributed by atoms with Crippen molar-refractivity contribution in [1.82, 2.24) is 20.1 Å². The molecule has 2 amide bonds. The van der Waals surface area contributed by atoms with Gasteiger partial charge in [0.25, 0.3) is 5.91 Å². The Balaban J connectivity index is 1.31. The fraction of sp³-hybridized carbons (Fsp3) is 0.519. The zero-order chi connectivity index (χ0) is 23.9. The zero-order valence-electron chi connectivity index (χ0n) is 20.3. The summed E-state index contributed by atoms with van der Waals surface area (Å²) < 4.78 is 0. The summed E-state index contributed by atoms with van der Waals surface area (Å²) in [6.45, 7) is 9.68. The van der Waals surface area contributed by atoms with Gasteiger partial charge in [0.1, 0.15) is 5.03 Å². The number of nitrogens with zero attached hydrogens (tertiary/aromatic N) is 3. The highest BCUT2D eigenvalue weighted by atomic mass is 32.2. The van der Waals surface area contributed by atoms with Gasteiger partial charge >= 0.3 is 0 Å². The van der Waals surface area contributed by atoms with Gasteiger partial charge in [-0.25, -0.2) is 4.98 Å². The molecule has 1 N–H and O–H groups in total. The first-order valence-corrected chi connectivity index (χ1v) is 13.4. The second-order valence-electron chi connectivity index (χ2n) is 9.63. The molecule has 2 saturated heterocycles. The van der Waals surface area contributed by atoms with Gasteiger partial charge in [-0.15, -0.1) is 0 Å². The SMILES string of the molecule is CC1CCCN(Cc2ccc(CNC(=O)c3cccnc3SC(C)C(=O)N3CCCC3)cc2)C1. The topological polar surface area (TPSA) is 65.5 Å². The van der Waals surface area contributed by atoms with E-state index >= 15 is 0 Å². The monoisotopic (exact) mass is 480 g/mol. The molecule has 2 aliphatic rings. The Hall–Kier alpha value is -2.38. The van der Waals surface area contributed by atoms with Gasteiger partial charge in [-0.05, 0) is 68.3 Å². The fourth-order valence-corrected chi connectivity index (χ4v) is 5.79. The molecule has 0 radical (unpaired) electrons. The Kier molecular flexibility index (Phi) is 8.62. The lowest BCUT2D eigenvalue weighted by Crippen LogP contribution is -2.34. The third kappa shape index (κ3) is 6.60. The number of thioether (sulfide) groups is 1. The quantitative estimate of drug-likeness (QED) is 0.569. The number of likely N-dealkylation sites (tertiary alicyclic amines) is 2. The zero-order valence-corrected chi connectivity index (χ0v) is 21.2. The predicted molar refractivity (Wildman–Crippen MR) is 137 cm³/mol. The maximum absolute atomic E-state index is 12.9. The smallest absolute Gasteiger partial charge is 0.254 e. The van der Waals surface area contributed by atoms with Crippen LogP contribution >= 0.6 is 11.8 Å². The standard InChI is InChI=1S/C27H36N4O2S/c1-20-7-6-14-30(18-20)19-23-11-9-22(10-12-23)17-29-25(32)24-8-5-13-28-26(24)34-21(2)27(33)31-15-3-4-16-31/h5,8-13,20-21H,3-4,6-7,14-19H2,1-2H3,(H,29,32). The van der Waals surface area contributed by atoms with Crippen molar-refractivity contribution in [1.29, 1.82) is 0 Å². The Labute approximate surface area is 207 Å². The molecule has 7 heteroatoms. The van der Waals surface area contributed by atoms with Gasteiger partial charge in [-0.2, -0.15) is 0 Å². The van der Waals surface area contributed by atoms with E-state index in [2.05, 4.69) is 46.4 Å². The first-order valence-electron chi connectivity index (χ1n) is 12.5. The van der Waals surface area contributed by atoms with Crippen LogP contribution in [0.25, 0.3) is 0 Å². The number of aromatic nitrogens is 1. The molecule has 0 aliphatic carbocycles. The Bertz CT molecular complexity index is 975. The maximum atomic E-state index is 12.9. The molecule has 2 atom stereocenters. The van der Waals surface area contributed by atoms with Gasteiger partial charge in [0.15, 0.2) is 0 Å². The number of benzene rings is 1. The van der Waals surface area contributed by atoms with Crippen LogP contribution in [0, 0.1) is 5.92 Å². The minimum absolute atomic E-state index is 0.124. The molecule has 1 aromatic carbocycles. The lowest BCUT2D eigenvalue weighted by molar-refractivity contribution is -0.129. The number of carbonyl (C=O) groups excluding carboxylic acids is 2. The first kappa shape index (κ1) is 24.7. The van der Waals surface area contributed by atoms with Crippen LogP contribution in [-0.2, 0) is 17.9 Å². The van der Waals surface area contributed by atoms with Crippen LogP contribution in [-0.4, -0.2) is 58.0 Å². The molecular weight excluding hydrogens is 444 g/mol. The molecular formula is C27H36N4O2S. The number of piperidine rings is 1.